The number of hydrogen-bond donors (Lipinski definition) is 2. The lowest BCUT2D eigenvalue weighted by atomic mass is 9.84. The van der Waals surface area contributed by atoms with Crippen LogP contribution >= 0.6 is 0 Å². The molecule has 1 aliphatic rings. The number of para-hydroxylation sites is 1. The van der Waals surface area contributed by atoms with Crippen LogP contribution in [0.1, 0.15) is 39.0 Å². The maximum Gasteiger partial charge on any atom is 0.316 e. The first kappa shape index (κ1) is 15.6. The van der Waals surface area contributed by atoms with E-state index < -0.39 is 0 Å². The van der Waals surface area contributed by atoms with Gasteiger partial charge in [-0.25, -0.2) is 0 Å². The Labute approximate surface area is 125 Å². The highest BCUT2D eigenvalue weighted by Crippen LogP contribution is 2.38. The lowest BCUT2D eigenvalue weighted by molar-refractivity contribution is -0.383. The lowest BCUT2D eigenvalue weighted by Gasteiger charge is -2.35. The standard InChI is InChI=1S/C15H24N4O2/c1-3-11-7-9-12(10-8-11)18(2)14-6-4-5-13(17-16)15(14)19(20)21/h4-6,11-12,17H,3,7-10,16H2,1-2H3. The molecule has 0 spiro atoms. The fourth-order valence-electron chi connectivity index (χ4n) is 3.26. The fraction of sp³-hybridized carbons (Fsp3) is 0.600. The fourth-order valence-corrected chi connectivity index (χ4v) is 3.26. The normalized spacial score (nSPS) is 21.9. The molecule has 0 saturated heterocycles. The van der Waals surface area contributed by atoms with Crippen LogP contribution in [0, 0.1) is 16.0 Å². The number of nitrogens with one attached hydrogen (secondary N) is 1. The number of nitro benzene ring substituents is 1. The summed E-state index contributed by atoms with van der Waals surface area (Å²) in [7, 11) is 1.94. The van der Waals surface area contributed by atoms with Gasteiger partial charge in [0, 0.05) is 13.1 Å². The SMILES string of the molecule is CCC1CCC(N(C)c2cccc(NN)c2[N+](=O)[O-])CC1. The van der Waals surface area contributed by atoms with Crippen molar-refractivity contribution in [3.05, 3.63) is 28.3 Å². The van der Waals surface area contributed by atoms with E-state index in [0.29, 0.717) is 17.4 Å². The summed E-state index contributed by atoms with van der Waals surface area (Å²) in [6.07, 6.45) is 5.81. The second-order valence-electron chi connectivity index (χ2n) is 5.77. The number of hydrogen-bond acceptors (Lipinski definition) is 5. The minimum absolute atomic E-state index is 0.0557. The summed E-state index contributed by atoms with van der Waals surface area (Å²) in [6.45, 7) is 2.23. The molecule has 1 fully saturated rings. The summed E-state index contributed by atoms with van der Waals surface area (Å²) in [5.41, 5.74) is 3.47. The van der Waals surface area contributed by atoms with E-state index in [2.05, 4.69) is 12.3 Å². The highest BCUT2D eigenvalue weighted by molar-refractivity contribution is 5.76. The van der Waals surface area contributed by atoms with Gasteiger partial charge in [0.25, 0.3) is 0 Å². The van der Waals surface area contributed by atoms with Gasteiger partial charge < -0.3 is 10.3 Å². The van der Waals surface area contributed by atoms with E-state index in [-0.39, 0.29) is 10.6 Å². The average molecular weight is 292 g/mol. The minimum Gasteiger partial charge on any atom is -0.366 e. The third-order valence-electron chi connectivity index (χ3n) is 4.67. The van der Waals surface area contributed by atoms with Crippen molar-refractivity contribution in [2.24, 2.45) is 11.8 Å². The molecule has 6 heteroatoms. The topological polar surface area (TPSA) is 84.4 Å². The van der Waals surface area contributed by atoms with Crippen LogP contribution in [-0.4, -0.2) is 18.0 Å². The molecular weight excluding hydrogens is 268 g/mol. The number of nitrogen functional groups attached to an aromatic ring is 1. The summed E-state index contributed by atoms with van der Waals surface area (Å²) < 4.78 is 0. The zero-order chi connectivity index (χ0) is 15.4. The number of nitrogens with zero attached hydrogens (tertiary/aromatic N) is 2. The van der Waals surface area contributed by atoms with Gasteiger partial charge in [0.15, 0.2) is 0 Å². The largest absolute Gasteiger partial charge is 0.366 e. The molecule has 0 unspecified atom stereocenters. The van der Waals surface area contributed by atoms with Gasteiger partial charge in [-0.15, -0.1) is 0 Å². The molecule has 3 N–H and O–H groups in total. The summed E-state index contributed by atoms with van der Waals surface area (Å²) in [5.74, 6) is 6.21. The summed E-state index contributed by atoms with van der Waals surface area (Å²) in [4.78, 5) is 13.1. The van der Waals surface area contributed by atoms with E-state index in [9.17, 15) is 10.1 Å². The van der Waals surface area contributed by atoms with Crippen molar-refractivity contribution in [2.45, 2.75) is 45.1 Å². The van der Waals surface area contributed by atoms with Gasteiger partial charge in [0.05, 0.1) is 4.92 Å². The molecule has 2 rings (SSSR count). The Hall–Kier alpha value is -1.82. The Morgan fingerprint density at radius 2 is 2.05 bits per heavy atom. The Kier molecular flexibility index (Phi) is 5.01. The van der Waals surface area contributed by atoms with Crippen LogP contribution in [0.3, 0.4) is 0 Å². The second kappa shape index (κ2) is 6.76. The third kappa shape index (κ3) is 3.26. The molecule has 0 bridgehead atoms. The smallest absolute Gasteiger partial charge is 0.316 e. The van der Waals surface area contributed by atoms with Gasteiger partial charge in [0.1, 0.15) is 11.4 Å². The van der Waals surface area contributed by atoms with Crippen molar-refractivity contribution in [3.8, 4) is 0 Å². The molecule has 0 radical (unpaired) electrons. The molecule has 0 atom stereocenters. The zero-order valence-corrected chi connectivity index (χ0v) is 12.7. The van der Waals surface area contributed by atoms with E-state index >= 15 is 0 Å². The molecule has 0 amide bonds. The number of benzene rings is 1. The Balaban J connectivity index is 2.23. The van der Waals surface area contributed by atoms with E-state index in [1.165, 1.54) is 19.3 Å². The quantitative estimate of drug-likeness (QED) is 0.494. The molecule has 21 heavy (non-hydrogen) atoms. The van der Waals surface area contributed by atoms with Crippen LogP contribution in [0.15, 0.2) is 18.2 Å². The molecule has 116 valence electrons. The monoisotopic (exact) mass is 292 g/mol. The van der Waals surface area contributed by atoms with E-state index in [1.807, 2.05) is 11.9 Å². The van der Waals surface area contributed by atoms with Crippen LogP contribution in [-0.2, 0) is 0 Å². The summed E-state index contributed by atoms with van der Waals surface area (Å²) in [6, 6.07) is 5.58. The minimum atomic E-state index is -0.362. The summed E-state index contributed by atoms with van der Waals surface area (Å²) in [5, 5.41) is 11.4. The van der Waals surface area contributed by atoms with Crippen LogP contribution in [0.5, 0.6) is 0 Å². The molecule has 1 saturated carbocycles. The van der Waals surface area contributed by atoms with Crippen molar-refractivity contribution in [3.63, 3.8) is 0 Å². The Morgan fingerprint density at radius 3 is 2.57 bits per heavy atom. The van der Waals surface area contributed by atoms with Crippen LogP contribution in [0.25, 0.3) is 0 Å². The van der Waals surface area contributed by atoms with Gasteiger partial charge in [-0.05, 0) is 43.7 Å². The third-order valence-corrected chi connectivity index (χ3v) is 4.67. The molecule has 1 aliphatic carbocycles. The van der Waals surface area contributed by atoms with Crippen LogP contribution in [0.2, 0.25) is 0 Å². The number of rotatable bonds is 5. The molecule has 0 heterocycles. The van der Waals surface area contributed by atoms with Crippen molar-refractivity contribution in [1.82, 2.24) is 0 Å². The van der Waals surface area contributed by atoms with Crippen LogP contribution in [0.4, 0.5) is 17.1 Å². The van der Waals surface area contributed by atoms with Gasteiger partial charge in [-0.2, -0.15) is 0 Å². The molecular formula is C15H24N4O2. The predicted molar refractivity (Wildman–Crippen MR) is 85.3 cm³/mol. The van der Waals surface area contributed by atoms with Crippen molar-refractivity contribution >= 4 is 17.1 Å². The molecule has 0 aromatic heterocycles. The van der Waals surface area contributed by atoms with E-state index in [4.69, 9.17) is 5.84 Å². The number of nitrogens with two attached hydrogens (primary N) is 1. The first-order chi connectivity index (χ1) is 10.1. The molecule has 0 aliphatic heterocycles. The lowest BCUT2D eigenvalue weighted by Crippen LogP contribution is -2.35. The van der Waals surface area contributed by atoms with Crippen molar-refractivity contribution < 1.29 is 4.92 Å². The summed E-state index contributed by atoms with van der Waals surface area (Å²) >= 11 is 0. The maximum absolute atomic E-state index is 11.4. The van der Waals surface area contributed by atoms with Gasteiger partial charge in [-0.3, -0.25) is 16.0 Å². The predicted octanol–water partition coefficient (Wildman–Crippen LogP) is 3.29. The van der Waals surface area contributed by atoms with Crippen LogP contribution < -0.4 is 16.2 Å². The maximum atomic E-state index is 11.4. The molecule has 6 nitrogen and oxygen atoms in total. The average Bonchev–Trinajstić information content (AvgIpc) is 2.53. The van der Waals surface area contributed by atoms with Gasteiger partial charge >= 0.3 is 5.69 Å². The number of nitro groups is 1. The molecule has 1 aromatic carbocycles. The second-order valence-corrected chi connectivity index (χ2v) is 5.77. The first-order valence-corrected chi connectivity index (χ1v) is 7.55. The van der Waals surface area contributed by atoms with Crippen molar-refractivity contribution in [1.29, 1.82) is 0 Å². The highest BCUT2D eigenvalue weighted by Gasteiger charge is 2.28. The molecule has 1 aromatic rings. The first-order valence-electron chi connectivity index (χ1n) is 7.55. The Bertz CT molecular complexity index is 498. The van der Waals surface area contributed by atoms with E-state index in [0.717, 1.165) is 18.8 Å². The van der Waals surface area contributed by atoms with Crippen molar-refractivity contribution in [2.75, 3.05) is 17.4 Å². The van der Waals surface area contributed by atoms with Gasteiger partial charge in [0.2, 0.25) is 0 Å². The van der Waals surface area contributed by atoms with Gasteiger partial charge in [-0.1, -0.05) is 19.4 Å². The number of hydrazine groups is 1. The highest BCUT2D eigenvalue weighted by atomic mass is 16.6. The Morgan fingerprint density at radius 1 is 1.38 bits per heavy atom. The van der Waals surface area contributed by atoms with E-state index in [1.54, 1.807) is 18.2 Å². The zero-order valence-electron chi connectivity index (χ0n) is 12.7. The number of anilines is 2.